The third-order valence-electron chi connectivity index (χ3n) is 0.393. The summed E-state index contributed by atoms with van der Waals surface area (Å²) in [6, 6.07) is 0. The zero-order valence-electron chi connectivity index (χ0n) is 2.68. The van der Waals surface area contributed by atoms with Crippen molar-refractivity contribution in [2.24, 2.45) is 0 Å². The average Bonchev–Trinajstić information content (AvgIpc) is 1.76. The van der Waals surface area contributed by atoms with E-state index in [1.807, 2.05) is 0 Å². The quantitative estimate of drug-likeness (QED) is 0.404. The van der Waals surface area contributed by atoms with Crippen molar-refractivity contribution < 1.29 is 0 Å². The van der Waals surface area contributed by atoms with Gasteiger partial charge in [0.25, 0.3) is 0 Å². The first-order valence-electron chi connectivity index (χ1n) is 1.43. The molecule has 0 N–H and O–H groups in total. The van der Waals surface area contributed by atoms with Crippen LogP contribution >= 0.6 is 16.4 Å². The first kappa shape index (κ1) is 3.53. The van der Waals surface area contributed by atoms with Crippen molar-refractivity contribution in [2.75, 3.05) is 6.16 Å². The summed E-state index contributed by atoms with van der Waals surface area (Å²) < 4.78 is 0. The van der Waals surface area contributed by atoms with E-state index in [4.69, 9.17) is 0 Å². The molecule has 1 aliphatic rings. The van der Waals surface area contributed by atoms with Crippen LogP contribution in [0.5, 0.6) is 0 Å². The summed E-state index contributed by atoms with van der Waals surface area (Å²) in [5.74, 6) is 2.21. The van der Waals surface area contributed by atoms with Crippen LogP contribution in [-0.4, -0.2) is 17.5 Å². The fraction of sp³-hybridized carbons (Fsp3) is 0.333. The molecule has 0 nitrogen and oxygen atoms in total. The number of hydrogen-bond acceptors (Lipinski definition) is 0. The molecule has 0 aromatic heterocycles. The Morgan fingerprint density at radius 1 is 1.80 bits per heavy atom. The lowest BCUT2D eigenvalue weighted by Crippen LogP contribution is -1.55. The van der Waals surface area contributed by atoms with Crippen LogP contribution in [0.15, 0.2) is 0 Å². The molecular weight excluding hydrogens is 98.0 g/mol. The molecule has 0 spiro atoms. The van der Waals surface area contributed by atoms with Crippen molar-refractivity contribution in [3.8, 4) is 0 Å². The van der Waals surface area contributed by atoms with Crippen LogP contribution in [0, 0.1) is 0 Å². The molecule has 5 heavy (non-hydrogen) atoms. The third kappa shape index (κ3) is 0.833. The summed E-state index contributed by atoms with van der Waals surface area (Å²) in [5.41, 5.74) is 3.11. The normalized spacial score (nSPS) is 24.0. The molecule has 0 bridgehead atoms. The maximum Gasteiger partial charge on any atom is 0.0409 e. The number of hydrogen-bond donors (Lipinski definition) is 0. The van der Waals surface area contributed by atoms with Crippen LogP contribution in [0.1, 0.15) is 0 Å². The maximum atomic E-state index is 3.11. The molecule has 1 heterocycles. The molecule has 0 saturated carbocycles. The van der Waals surface area contributed by atoms with E-state index in [-0.39, 0.29) is 0 Å². The Morgan fingerprint density at radius 3 is 3.00 bits per heavy atom. The fourth-order valence-corrected chi connectivity index (χ4v) is 1.84. The maximum absolute atomic E-state index is 3.11. The Bertz CT molecular complexity index is 63.0. The summed E-state index contributed by atoms with van der Waals surface area (Å²) >= 11 is 0. The molecule has 0 aliphatic carbocycles. The third-order valence-corrected chi connectivity index (χ3v) is 2.44. The minimum Gasteiger partial charge on any atom is -0.0855 e. The predicted octanol–water partition coefficient (Wildman–Crippen LogP) is 1.33. The summed E-state index contributed by atoms with van der Waals surface area (Å²) in [6.07, 6.45) is 1.22. The van der Waals surface area contributed by atoms with E-state index < -0.39 is 0 Å². The van der Waals surface area contributed by atoms with Gasteiger partial charge in [0.15, 0.2) is 0 Å². The summed E-state index contributed by atoms with van der Waals surface area (Å²) in [7, 11) is 2.68. The van der Waals surface area contributed by atoms with E-state index >= 15 is 0 Å². The molecule has 0 aromatic carbocycles. The SMILES string of the molecule is [C]1=PCC=P1. The van der Waals surface area contributed by atoms with E-state index in [0.717, 1.165) is 0 Å². The Kier molecular flexibility index (Phi) is 1.20. The molecule has 25 valence electrons. The van der Waals surface area contributed by atoms with Crippen molar-refractivity contribution in [1.82, 2.24) is 0 Å². The molecule has 0 amide bonds. The van der Waals surface area contributed by atoms with Gasteiger partial charge in [0.1, 0.15) is 0 Å². The van der Waals surface area contributed by atoms with Crippen molar-refractivity contribution in [3.05, 3.63) is 0 Å². The molecule has 0 unspecified atom stereocenters. The lowest BCUT2D eigenvalue weighted by molar-refractivity contribution is 2.17. The standard InChI is InChI=1S/C3H3P2/c1-2-5-3-4-1/h1H,2H2. The number of rotatable bonds is 0. The molecule has 0 atom stereocenters. The molecular formula is C3H3P2. The Morgan fingerprint density at radius 2 is 2.80 bits per heavy atom. The highest BCUT2D eigenvalue weighted by molar-refractivity contribution is 7.73. The van der Waals surface area contributed by atoms with Crippen LogP contribution in [0.2, 0.25) is 0 Å². The zero-order chi connectivity index (χ0) is 3.54. The lowest BCUT2D eigenvalue weighted by atomic mass is 11.0. The Labute approximate surface area is 34.8 Å². The van der Waals surface area contributed by atoms with E-state index in [2.05, 4.69) is 11.3 Å². The van der Waals surface area contributed by atoms with E-state index in [1.54, 1.807) is 0 Å². The summed E-state index contributed by atoms with van der Waals surface area (Å²) in [6.45, 7) is 0. The highest BCUT2D eigenvalue weighted by atomic mass is 31.1. The van der Waals surface area contributed by atoms with Crippen LogP contribution in [-0.2, 0) is 0 Å². The fourth-order valence-electron chi connectivity index (χ4n) is 0.204. The second-order valence-corrected chi connectivity index (χ2v) is 2.86. The Balaban J connectivity index is 2.61. The van der Waals surface area contributed by atoms with Crippen molar-refractivity contribution in [1.29, 1.82) is 0 Å². The van der Waals surface area contributed by atoms with Gasteiger partial charge < -0.3 is 0 Å². The second-order valence-electron chi connectivity index (χ2n) is 0.752. The topological polar surface area (TPSA) is 0 Å². The molecule has 1 aliphatic heterocycles. The van der Waals surface area contributed by atoms with Crippen molar-refractivity contribution in [2.45, 2.75) is 0 Å². The minimum atomic E-state index is 1.22. The first-order chi connectivity index (χ1) is 2.50. The van der Waals surface area contributed by atoms with E-state index in [9.17, 15) is 0 Å². The van der Waals surface area contributed by atoms with Gasteiger partial charge >= 0.3 is 0 Å². The molecule has 0 saturated heterocycles. The molecule has 0 fully saturated rings. The monoisotopic (exact) mass is 101 g/mol. The van der Waals surface area contributed by atoms with E-state index in [1.165, 1.54) is 22.6 Å². The van der Waals surface area contributed by atoms with Gasteiger partial charge in [-0.15, -0.1) is 0 Å². The highest BCUT2D eigenvalue weighted by Crippen LogP contribution is 2.06. The molecule has 1 rings (SSSR count). The van der Waals surface area contributed by atoms with E-state index in [0.29, 0.717) is 0 Å². The van der Waals surface area contributed by atoms with Crippen LogP contribution in [0.3, 0.4) is 0 Å². The first-order valence-corrected chi connectivity index (χ1v) is 3.47. The molecule has 2 heteroatoms. The van der Waals surface area contributed by atoms with Gasteiger partial charge in [-0.2, -0.15) is 0 Å². The van der Waals surface area contributed by atoms with Crippen LogP contribution in [0.4, 0.5) is 0 Å². The van der Waals surface area contributed by atoms with Gasteiger partial charge in [-0.25, -0.2) is 0 Å². The summed E-state index contributed by atoms with van der Waals surface area (Å²) in [4.78, 5) is 0. The highest BCUT2D eigenvalue weighted by Gasteiger charge is 1.75. The van der Waals surface area contributed by atoms with Gasteiger partial charge in [0, 0.05) is 11.7 Å². The van der Waals surface area contributed by atoms with Gasteiger partial charge in [0.2, 0.25) is 0 Å². The lowest BCUT2D eigenvalue weighted by Gasteiger charge is -1.55. The largest absolute Gasteiger partial charge is 0.0855 e. The molecule has 1 radical (unpaired) electrons. The Hall–Kier alpha value is 0.340. The minimum absolute atomic E-state index is 1.22. The van der Waals surface area contributed by atoms with Crippen molar-refractivity contribution in [3.63, 3.8) is 0 Å². The van der Waals surface area contributed by atoms with Gasteiger partial charge in [-0.1, -0.05) is 16.4 Å². The van der Waals surface area contributed by atoms with Gasteiger partial charge in [-0.05, 0) is 5.80 Å². The summed E-state index contributed by atoms with van der Waals surface area (Å²) in [5, 5.41) is 0. The average molecular weight is 101 g/mol. The smallest absolute Gasteiger partial charge is 0.0409 e. The predicted molar refractivity (Wildman–Crippen MR) is 29.8 cm³/mol. The second kappa shape index (κ2) is 1.70. The van der Waals surface area contributed by atoms with Gasteiger partial charge in [-0.3, -0.25) is 0 Å². The molecule has 0 aromatic rings. The van der Waals surface area contributed by atoms with Crippen LogP contribution < -0.4 is 0 Å². The van der Waals surface area contributed by atoms with Crippen LogP contribution in [0.25, 0.3) is 0 Å². The van der Waals surface area contributed by atoms with Crippen molar-refractivity contribution >= 4 is 27.7 Å². The van der Waals surface area contributed by atoms with Gasteiger partial charge in [0.05, 0.1) is 0 Å². The zero-order valence-corrected chi connectivity index (χ0v) is 4.47.